The molecule has 1 amide bonds. The highest BCUT2D eigenvalue weighted by Gasteiger charge is 2.16. The number of nitrogens with zero attached hydrogens (tertiary/aromatic N) is 1. The number of nitrogens with two attached hydrogens (primary N) is 1. The van der Waals surface area contributed by atoms with Crippen molar-refractivity contribution in [3.63, 3.8) is 0 Å². The van der Waals surface area contributed by atoms with Crippen LogP contribution in [0.5, 0.6) is 0 Å². The maximum Gasteiger partial charge on any atom is 0.240 e. The molecule has 0 aliphatic carbocycles. The molecule has 0 atom stereocenters. The monoisotopic (exact) mass is 287 g/mol. The number of carbonyl (C=O) groups is 1. The summed E-state index contributed by atoms with van der Waals surface area (Å²) in [5, 5.41) is 4.21. The molecule has 1 aliphatic heterocycles. The first kappa shape index (κ1) is 14.1. The predicted molar refractivity (Wildman–Crippen MR) is 81.8 cm³/mol. The third kappa shape index (κ3) is 3.25. The predicted octanol–water partition coefficient (Wildman–Crippen LogP) is 1.40. The Balaban J connectivity index is 1.68. The van der Waals surface area contributed by atoms with E-state index >= 15 is 0 Å². The molecule has 5 heteroatoms. The highest BCUT2D eigenvalue weighted by molar-refractivity contribution is 5.84. The number of rotatable bonds is 4. The van der Waals surface area contributed by atoms with E-state index in [0.29, 0.717) is 13.1 Å². The molecule has 0 saturated carbocycles. The van der Waals surface area contributed by atoms with Crippen molar-refractivity contribution >= 4 is 16.8 Å². The smallest absolute Gasteiger partial charge is 0.240 e. The molecule has 2 aromatic rings. The number of fused-ring (bicyclic) bond motifs is 1. The molecule has 1 aromatic carbocycles. The molecule has 1 aromatic heterocycles. The zero-order valence-electron chi connectivity index (χ0n) is 12.0. The Labute approximate surface area is 124 Å². The van der Waals surface area contributed by atoms with Crippen LogP contribution in [0.4, 0.5) is 0 Å². The van der Waals surface area contributed by atoms with Crippen LogP contribution in [-0.4, -0.2) is 29.7 Å². The maximum absolute atomic E-state index is 12.2. The summed E-state index contributed by atoms with van der Waals surface area (Å²) in [6.45, 7) is 2.35. The van der Waals surface area contributed by atoms with Gasteiger partial charge in [-0.1, -0.05) is 6.07 Å². The fourth-order valence-corrected chi connectivity index (χ4v) is 2.78. The van der Waals surface area contributed by atoms with Crippen LogP contribution in [-0.2, 0) is 22.6 Å². The zero-order chi connectivity index (χ0) is 14.7. The van der Waals surface area contributed by atoms with Crippen molar-refractivity contribution in [1.29, 1.82) is 0 Å². The fourth-order valence-electron chi connectivity index (χ4n) is 2.78. The molecule has 2 heterocycles. The van der Waals surface area contributed by atoms with Gasteiger partial charge in [0.25, 0.3) is 0 Å². The lowest BCUT2D eigenvalue weighted by molar-refractivity contribution is -0.122. The molecule has 21 heavy (non-hydrogen) atoms. The molecule has 5 nitrogen and oxygen atoms in total. The number of amides is 1. The number of ether oxygens (including phenoxy) is 1. The number of nitrogens with one attached hydrogen (secondary N) is 1. The highest BCUT2D eigenvalue weighted by atomic mass is 16.5. The largest absolute Gasteiger partial charge is 0.381 e. The minimum Gasteiger partial charge on any atom is -0.381 e. The van der Waals surface area contributed by atoms with E-state index in [2.05, 4.69) is 11.4 Å². The van der Waals surface area contributed by atoms with Crippen LogP contribution < -0.4 is 11.1 Å². The van der Waals surface area contributed by atoms with Gasteiger partial charge in [-0.05, 0) is 42.0 Å². The molecule has 0 spiro atoms. The number of carbonyl (C=O) groups excluding carboxylic acids is 1. The topological polar surface area (TPSA) is 69.3 Å². The van der Waals surface area contributed by atoms with Gasteiger partial charge in [-0.15, -0.1) is 0 Å². The Kier molecular flexibility index (Phi) is 4.22. The van der Waals surface area contributed by atoms with Crippen LogP contribution in [0.15, 0.2) is 30.5 Å². The minimum absolute atomic E-state index is 0.0577. The summed E-state index contributed by atoms with van der Waals surface area (Å²) in [7, 11) is 0. The number of benzene rings is 1. The summed E-state index contributed by atoms with van der Waals surface area (Å²) in [6, 6.07) is 8.38. The third-order valence-corrected chi connectivity index (χ3v) is 3.97. The van der Waals surface area contributed by atoms with Gasteiger partial charge >= 0.3 is 0 Å². The highest BCUT2D eigenvalue weighted by Crippen LogP contribution is 2.17. The normalized spacial score (nSPS) is 16.2. The van der Waals surface area contributed by atoms with E-state index in [-0.39, 0.29) is 11.9 Å². The van der Waals surface area contributed by atoms with Gasteiger partial charge in [-0.25, -0.2) is 0 Å². The van der Waals surface area contributed by atoms with Crippen molar-refractivity contribution in [1.82, 2.24) is 9.88 Å². The van der Waals surface area contributed by atoms with E-state index in [1.54, 1.807) is 0 Å². The first-order chi connectivity index (χ1) is 10.3. The second-order valence-corrected chi connectivity index (χ2v) is 5.50. The molecule has 3 rings (SSSR count). The van der Waals surface area contributed by atoms with Crippen molar-refractivity contribution in [2.75, 3.05) is 13.2 Å². The van der Waals surface area contributed by atoms with E-state index < -0.39 is 0 Å². The average Bonchev–Trinajstić information content (AvgIpc) is 2.90. The molecule has 112 valence electrons. The van der Waals surface area contributed by atoms with Crippen LogP contribution in [0.25, 0.3) is 10.9 Å². The van der Waals surface area contributed by atoms with Gasteiger partial charge in [0.05, 0.1) is 0 Å². The SMILES string of the molecule is NCc1ccc2c(ccn2CC(=O)NC2CCOCC2)c1. The second kappa shape index (κ2) is 6.28. The maximum atomic E-state index is 12.2. The van der Waals surface area contributed by atoms with Gasteiger partial charge in [0.1, 0.15) is 6.54 Å². The first-order valence-electron chi connectivity index (χ1n) is 7.41. The zero-order valence-corrected chi connectivity index (χ0v) is 12.0. The molecule has 0 unspecified atom stereocenters. The summed E-state index contributed by atoms with van der Waals surface area (Å²) in [6.07, 6.45) is 3.75. The summed E-state index contributed by atoms with van der Waals surface area (Å²) in [5.74, 6) is 0.0577. The van der Waals surface area contributed by atoms with Crippen LogP contribution in [0.3, 0.4) is 0 Å². The molecule has 0 bridgehead atoms. The van der Waals surface area contributed by atoms with Crippen molar-refractivity contribution in [3.05, 3.63) is 36.0 Å². The number of aromatic nitrogens is 1. The molecule has 0 radical (unpaired) electrons. The average molecular weight is 287 g/mol. The Morgan fingerprint density at radius 3 is 2.90 bits per heavy atom. The van der Waals surface area contributed by atoms with Crippen LogP contribution in [0.2, 0.25) is 0 Å². The van der Waals surface area contributed by atoms with E-state index in [1.807, 2.05) is 29.0 Å². The van der Waals surface area contributed by atoms with E-state index in [0.717, 1.165) is 42.5 Å². The number of hydrogen-bond donors (Lipinski definition) is 2. The van der Waals surface area contributed by atoms with Crippen molar-refractivity contribution in [2.45, 2.75) is 32.0 Å². The van der Waals surface area contributed by atoms with Crippen molar-refractivity contribution in [3.8, 4) is 0 Å². The van der Waals surface area contributed by atoms with Gasteiger partial charge in [-0.3, -0.25) is 4.79 Å². The molecule has 1 saturated heterocycles. The van der Waals surface area contributed by atoms with Gasteiger partial charge in [0.15, 0.2) is 0 Å². The van der Waals surface area contributed by atoms with Crippen molar-refractivity contribution < 1.29 is 9.53 Å². The van der Waals surface area contributed by atoms with Crippen LogP contribution in [0.1, 0.15) is 18.4 Å². The summed E-state index contributed by atoms with van der Waals surface area (Å²) in [4.78, 5) is 12.2. The lowest BCUT2D eigenvalue weighted by Crippen LogP contribution is -2.40. The van der Waals surface area contributed by atoms with E-state index in [4.69, 9.17) is 10.5 Å². The molecule has 3 N–H and O–H groups in total. The lowest BCUT2D eigenvalue weighted by Gasteiger charge is -2.23. The summed E-state index contributed by atoms with van der Waals surface area (Å²) < 4.78 is 7.28. The molecule has 1 fully saturated rings. The molecule has 1 aliphatic rings. The minimum atomic E-state index is 0.0577. The third-order valence-electron chi connectivity index (χ3n) is 3.97. The van der Waals surface area contributed by atoms with E-state index in [9.17, 15) is 4.79 Å². The molecular weight excluding hydrogens is 266 g/mol. The Bertz CT molecular complexity index is 629. The quantitative estimate of drug-likeness (QED) is 0.893. The first-order valence-corrected chi connectivity index (χ1v) is 7.41. The van der Waals surface area contributed by atoms with Gasteiger partial charge in [0.2, 0.25) is 5.91 Å². The van der Waals surface area contributed by atoms with Crippen LogP contribution in [0, 0.1) is 0 Å². The van der Waals surface area contributed by atoms with E-state index in [1.165, 1.54) is 0 Å². The second-order valence-electron chi connectivity index (χ2n) is 5.50. The van der Waals surface area contributed by atoms with Crippen molar-refractivity contribution in [2.24, 2.45) is 5.73 Å². The Hall–Kier alpha value is -1.85. The summed E-state index contributed by atoms with van der Waals surface area (Å²) in [5.41, 5.74) is 7.82. The van der Waals surface area contributed by atoms with Gasteiger partial charge in [-0.2, -0.15) is 0 Å². The Morgan fingerprint density at radius 1 is 1.33 bits per heavy atom. The standard InChI is InChI=1S/C16H21N3O2/c17-10-12-1-2-15-13(9-12)3-6-19(15)11-16(20)18-14-4-7-21-8-5-14/h1-3,6,9,14H,4-5,7-8,10-11,17H2,(H,18,20). The lowest BCUT2D eigenvalue weighted by atomic mass is 10.1. The fraction of sp³-hybridized carbons (Fsp3) is 0.438. The van der Waals surface area contributed by atoms with Gasteiger partial charge < -0.3 is 20.4 Å². The van der Waals surface area contributed by atoms with Crippen LogP contribution >= 0.6 is 0 Å². The Morgan fingerprint density at radius 2 is 2.14 bits per heavy atom. The summed E-state index contributed by atoms with van der Waals surface area (Å²) >= 11 is 0. The van der Waals surface area contributed by atoms with Gasteiger partial charge in [0, 0.05) is 37.5 Å². The number of hydrogen-bond acceptors (Lipinski definition) is 3. The molecular formula is C16H21N3O2.